The number of hydrogen-bond donors (Lipinski definition) is 1. The molecule has 0 radical (unpaired) electrons. The predicted octanol–water partition coefficient (Wildman–Crippen LogP) is 5.40. The van der Waals surface area contributed by atoms with Gasteiger partial charge in [0.25, 0.3) is 0 Å². The smallest absolute Gasteiger partial charge is 0.0671 e. The molecule has 0 bridgehead atoms. The first-order chi connectivity index (χ1) is 9.92. The summed E-state index contributed by atoms with van der Waals surface area (Å²) in [5, 5.41) is 5.89. The number of thiophene rings is 1. The average Bonchev–Trinajstić information content (AvgIpc) is 3.01. The van der Waals surface area contributed by atoms with Crippen molar-refractivity contribution in [2.75, 3.05) is 6.54 Å². The van der Waals surface area contributed by atoms with E-state index in [0.29, 0.717) is 6.04 Å². The molecule has 1 N–H and O–H groups in total. The molecule has 1 aromatic heterocycles. The maximum Gasteiger partial charge on any atom is 0.0671 e. The van der Waals surface area contributed by atoms with E-state index < -0.39 is 0 Å². The van der Waals surface area contributed by atoms with Crippen LogP contribution in [0.5, 0.6) is 0 Å². The van der Waals surface area contributed by atoms with Crippen LogP contribution in [0.4, 0.5) is 0 Å². The molecule has 1 nitrogen and oxygen atoms in total. The van der Waals surface area contributed by atoms with Crippen molar-refractivity contribution in [3.8, 4) is 0 Å². The summed E-state index contributed by atoms with van der Waals surface area (Å²) in [4.78, 5) is 1.41. The van der Waals surface area contributed by atoms with Crippen molar-refractivity contribution < 1.29 is 0 Å². The zero-order chi connectivity index (χ0) is 14.0. The van der Waals surface area contributed by atoms with Crippen molar-refractivity contribution in [1.29, 1.82) is 0 Å². The molecule has 2 aromatic rings. The van der Waals surface area contributed by atoms with Crippen molar-refractivity contribution in [3.63, 3.8) is 0 Å². The van der Waals surface area contributed by atoms with Crippen molar-refractivity contribution in [3.05, 3.63) is 58.3 Å². The Labute approximate surface area is 127 Å². The van der Waals surface area contributed by atoms with Crippen LogP contribution in [-0.4, -0.2) is 6.54 Å². The topological polar surface area (TPSA) is 12.0 Å². The molecule has 1 unspecified atom stereocenters. The van der Waals surface area contributed by atoms with Crippen LogP contribution in [0.1, 0.15) is 55.5 Å². The van der Waals surface area contributed by atoms with Crippen LogP contribution in [0, 0.1) is 0 Å². The quantitative estimate of drug-likeness (QED) is 0.609. The first-order valence-electron chi connectivity index (χ1n) is 7.73. The van der Waals surface area contributed by atoms with Gasteiger partial charge in [-0.15, -0.1) is 11.3 Å². The van der Waals surface area contributed by atoms with Gasteiger partial charge in [0.05, 0.1) is 6.04 Å². The lowest BCUT2D eigenvalue weighted by molar-refractivity contribution is 0.552. The highest BCUT2D eigenvalue weighted by Gasteiger charge is 2.13. The number of rotatable bonds is 9. The van der Waals surface area contributed by atoms with Crippen molar-refractivity contribution in [2.45, 2.75) is 45.1 Å². The lowest BCUT2D eigenvalue weighted by atomic mass is 10.0. The average molecular weight is 287 g/mol. The van der Waals surface area contributed by atoms with Gasteiger partial charge >= 0.3 is 0 Å². The Kier molecular flexibility index (Phi) is 6.82. The summed E-state index contributed by atoms with van der Waals surface area (Å²) in [6.45, 7) is 3.36. The zero-order valence-electron chi connectivity index (χ0n) is 12.3. The van der Waals surface area contributed by atoms with Gasteiger partial charge < -0.3 is 5.32 Å². The van der Waals surface area contributed by atoms with Crippen LogP contribution in [0.15, 0.2) is 47.8 Å². The van der Waals surface area contributed by atoms with E-state index in [2.05, 4.69) is 60.1 Å². The highest BCUT2D eigenvalue weighted by atomic mass is 32.1. The molecule has 2 heteroatoms. The summed E-state index contributed by atoms with van der Waals surface area (Å²) >= 11 is 1.84. The molecule has 20 heavy (non-hydrogen) atoms. The summed E-state index contributed by atoms with van der Waals surface area (Å²) in [6, 6.07) is 15.5. The highest BCUT2D eigenvalue weighted by molar-refractivity contribution is 7.10. The Hall–Kier alpha value is -1.12. The van der Waals surface area contributed by atoms with Gasteiger partial charge in [0, 0.05) is 4.88 Å². The van der Waals surface area contributed by atoms with Crippen LogP contribution < -0.4 is 5.32 Å². The second kappa shape index (κ2) is 8.93. The second-order valence-corrected chi connectivity index (χ2v) is 6.21. The van der Waals surface area contributed by atoms with E-state index in [1.54, 1.807) is 0 Å². The third kappa shape index (κ3) is 4.77. The lowest BCUT2D eigenvalue weighted by Crippen LogP contribution is -2.22. The molecule has 2 rings (SSSR count). The Morgan fingerprint density at radius 2 is 1.75 bits per heavy atom. The first kappa shape index (κ1) is 15.3. The predicted molar refractivity (Wildman–Crippen MR) is 89.4 cm³/mol. The van der Waals surface area contributed by atoms with E-state index in [1.807, 2.05) is 11.3 Å². The molecule has 1 atom stereocenters. The molecule has 0 spiro atoms. The van der Waals surface area contributed by atoms with Crippen LogP contribution in [-0.2, 0) is 0 Å². The number of nitrogens with one attached hydrogen (secondary N) is 1. The largest absolute Gasteiger partial charge is 0.306 e. The molecule has 0 fully saturated rings. The summed E-state index contributed by atoms with van der Waals surface area (Å²) in [5.41, 5.74) is 1.36. The molecule has 1 heterocycles. The van der Waals surface area contributed by atoms with Crippen LogP contribution in [0.3, 0.4) is 0 Å². The standard InChI is InChI=1S/C18H25NS/c1-2-3-4-5-9-14-19-18(17-13-10-15-20-17)16-11-7-6-8-12-16/h6-8,10-13,15,18-19H,2-5,9,14H2,1H3. The maximum absolute atomic E-state index is 3.73. The lowest BCUT2D eigenvalue weighted by Gasteiger charge is -2.18. The van der Waals surface area contributed by atoms with Crippen molar-refractivity contribution in [2.24, 2.45) is 0 Å². The second-order valence-electron chi connectivity index (χ2n) is 5.23. The first-order valence-corrected chi connectivity index (χ1v) is 8.61. The van der Waals surface area contributed by atoms with E-state index in [4.69, 9.17) is 0 Å². The Morgan fingerprint density at radius 1 is 0.950 bits per heavy atom. The van der Waals surface area contributed by atoms with Crippen molar-refractivity contribution in [1.82, 2.24) is 5.32 Å². The SMILES string of the molecule is CCCCCCCNC(c1ccccc1)c1cccs1. The summed E-state index contributed by atoms with van der Waals surface area (Å²) in [5.74, 6) is 0. The van der Waals surface area contributed by atoms with Crippen LogP contribution >= 0.6 is 11.3 Å². The fourth-order valence-electron chi connectivity index (χ4n) is 2.46. The fraction of sp³-hybridized carbons (Fsp3) is 0.444. The molecule has 0 amide bonds. The Balaban J connectivity index is 1.88. The van der Waals surface area contributed by atoms with Gasteiger partial charge in [-0.3, -0.25) is 0 Å². The normalized spacial score (nSPS) is 12.4. The minimum Gasteiger partial charge on any atom is -0.306 e. The van der Waals surface area contributed by atoms with E-state index in [0.717, 1.165) is 6.54 Å². The van der Waals surface area contributed by atoms with Gasteiger partial charge in [-0.05, 0) is 30.0 Å². The van der Waals surface area contributed by atoms with Gasteiger partial charge in [-0.1, -0.05) is 69.0 Å². The van der Waals surface area contributed by atoms with Crippen LogP contribution in [0.2, 0.25) is 0 Å². The van der Waals surface area contributed by atoms with E-state index in [-0.39, 0.29) is 0 Å². The van der Waals surface area contributed by atoms with E-state index in [9.17, 15) is 0 Å². The molecule has 0 aliphatic carbocycles. The van der Waals surface area contributed by atoms with Crippen molar-refractivity contribution >= 4 is 11.3 Å². The third-order valence-electron chi connectivity index (χ3n) is 3.59. The van der Waals surface area contributed by atoms with Gasteiger partial charge in [0.2, 0.25) is 0 Å². The summed E-state index contributed by atoms with van der Waals surface area (Å²) in [7, 11) is 0. The Morgan fingerprint density at radius 3 is 2.45 bits per heavy atom. The van der Waals surface area contributed by atoms with E-state index in [1.165, 1.54) is 42.5 Å². The molecule has 0 aliphatic rings. The molecule has 0 saturated carbocycles. The van der Waals surface area contributed by atoms with Gasteiger partial charge in [0.15, 0.2) is 0 Å². The third-order valence-corrected chi connectivity index (χ3v) is 4.53. The summed E-state index contributed by atoms with van der Waals surface area (Å²) in [6.07, 6.45) is 6.66. The number of benzene rings is 1. The fourth-order valence-corrected chi connectivity index (χ4v) is 3.29. The number of hydrogen-bond acceptors (Lipinski definition) is 2. The maximum atomic E-state index is 3.73. The molecule has 0 aliphatic heterocycles. The highest BCUT2D eigenvalue weighted by Crippen LogP contribution is 2.25. The Bertz CT molecular complexity index is 450. The summed E-state index contributed by atoms with van der Waals surface area (Å²) < 4.78 is 0. The molecular formula is C18H25NS. The zero-order valence-corrected chi connectivity index (χ0v) is 13.2. The molecule has 0 saturated heterocycles. The monoisotopic (exact) mass is 287 g/mol. The minimum absolute atomic E-state index is 0.349. The van der Waals surface area contributed by atoms with E-state index >= 15 is 0 Å². The van der Waals surface area contributed by atoms with Gasteiger partial charge in [0.1, 0.15) is 0 Å². The molecule has 1 aromatic carbocycles. The van der Waals surface area contributed by atoms with Gasteiger partial charge in [-0.25, -0.2) is 0 Å². The molecular weight excluding hydrogens is 262 g/mol. The number of unbranched alkanes of at least 4 members (excludes halogenated alkanes) is 4. The minimum atomic E-state index is 0.349. The molecule has 108 valence electrons. The van der Waals surface area contributed by atoms with Gasteiger partial charge in [-0.2, -0.15) is 0 Å². The van der Waals surface area contributed by atoms with Crippen LogP contribution in [0.25, 0.3) is 0 Å².